The first-order chi connectivity index (χ1) is 9.40. The Bertz CT molecular complexity index is 507. The third kappa shape index (κ3) is 3.04. The molecule has 1 aromatic rings. The van der Waals surface area contributed by atoms with E-state index in [2.05, 4.69) is 16.7 Å². The minimum atomic E-state index is -0.788. The highest BCUT2D eigenvalue weighted by Crippen LogP contribution is 2.18. The number of likely N-dealkylation sites (N-methyl/N-ethyl adjacent to an activating group) is 1. The number of carbonyl (C=O) groups is 1. The fraction of sp³-hybridized carbons (Fsp3) is 0.533. The van der Waals surface area contributed by atoms with Crippen molar-refractivity contribution in [2.45, 2.75) is 25.9 Å². The maximum atomic E-state index is 13.7. The first kappa shape index (κ1) is 15.1. The van der Waals surface area contributed by atoms with E-state index in [4.69, 9.17) is 0 Å². The molecule has 2 rings (SSSR count). The van der Waals surface area contributed by atoms with Crippen LogP contribution in [0.25, 0.3) is 0 Å². The summed E-state index contributed by atoms with van der Waals surface area (Å²) in [7, 11) is 2.04. The van der Waals surface area contributed by atoms with Crippen molar-refractivity contribution in [3.05, 3.63) is 35.4 Å². The summed E-state index contributed by atoms with van der Waals surface area (Å²) in [6.07, 6.45) is 0. The molecule has 0 bridgehead atoms. The van der Waals surface area contributed by atoms with Crippen LogP contribution in [0.15, 0.2) is 18.2 Å². The van der Waals surface area contributed by atoms with Gasteiger partial charge in [-0.05, 0) is 33.0 Å². The highest BCUT2D eigenvalue weighted by atomic mass is 19.1. The molecule has 2 atom stereocenters. The van der Waals surface area contributed by atoms with E-state index in [1.165, 1.54) is 6.07 Å². The van der Waals surface area contributed by atoms with Crippen LogP contribution in [-0.4, -0.2) is 54.3 Å². The molecule has 5 heteroatoms. The van der Waals surface area contributed by atoms with Crippen LogP contribution in [0, 0.1) is 11.6 Å². The number of rotatable bonds is 3. The Kier molecular flexibility index (Phi) is 4.50. The van der Waals surface area contributed by atoms with Crippen molar-refractivity contribution < 1.29 is 13.6 Å². The van der Waals surface area contributed by atoms with Gasteiger partial charge in [0.05, 0.1) is 11.6 Å². The molecule has 1 aromatic carbocycles. The van der Waals surface area contributed by atoms with E-state index in [1.807, 2.05) is 7.05 Å². The number of carbonyl (C=O) groups excluding carboxylic acids is 1. The highest BCUT2D eigenvalue weighted by molar-refractivity contribution is 6.00. The number of ketones is 1. The molecule has 1 fully saturated rings. The van der Waals surface area contributed by atoms with Gasteiger partial charge in [0, 0.05) is 31.7 Å². The van der Waals surface area contributed by atoms with E-state index in [0.29, 0.717) is 0 Å². The van der Waals surface area contributed by atoms with Gasteiger partial charge in [-0.2, -0.15) is 0 Å². The largest absolute Gasteiger partial charge is 0.304 e. The zero-order valence-electron chi connectivity index (χ0n) is 12.1. The molecule has 0 N–H and O–H groups in total. The smallest absolute Gasteiger partial charge is 0.182 e. The van der Waals surface area contributed by atoms with Crippen molar-refractivity contribution >= 4 is 5.78 Å². The van der Waals surface area contributed by atoms with Crippen LogP contribution in [0.2, 0.25) is 0 Å². The van der Waals surface area contributed by atoms with Gasteiger partial charge in [-0.3, -0.25) is 9.69 Å². The summed E-state index contributed by atoms with van der Waals surface area (Å²) in [4.78, 5) is 16.7. The van der Waals surface area contributed by atoms with E-state index in [-0.39, 0.29) is 17.4 Å². The number of halogens is 2. The lowest BCUT2D eigenvalue weighted by Crippen LogP contribution is -2.55. The minimum Gasteiger partial charge on any atom is -0.304 e. The molecule has 20 heavy (non-hydrogen) atoms. The molecule has 1 aliphatic rings. The Morgan fingerprint density at radius 3 is 2.65 bits per heavy atom. The van der Waals surface area contributed by atoms with Gasteiger partial charge < -0.3 is 4.90 Å². The molecule has 0 amide bonds. The Hall–Kier alpha value is -1.33. The second kappa shape index (κ2) is 5.97. The van der Waals surface area contributed by atoms with Crippen molar-refractivity contribution in [1.82, 2.24) is 9.80 Å². The number of benzene rings is 1. The monoisotopic (exact) mass is 282 g/mol. The zero-order chi connectivity index (χ0) is 14.9. The Morgan fingerprint density at radius 2 is 2.05 bits per heavy atom. The summed E-state index contributed by atoms with van der Waals surface area (Å²) < 4.78 is 26.6. The lowest BCUT2D eigenvalue weighted by molar-refractivity contribution is 0.0533. The molecule has 0 aliphatic carbocycles. The van der Waals surface area contributed by atoms with Crippen molar-refractivity contribution in [1.29, 1.82) is 0 Å². The van der Waals surface area contributed by atoms with Crippen LogP contribution in [0.3, 0.4) is 0 Å². The first-order valence-electron chi connectivity index (χ1n) is 6.83. The van der Waals surface area contributed by atoms with Gasteiger partial charge in [0.2, 0.25) is 0 Å². The SMILES string of the molecule is CC1CN(C)CCN1C(C)C(=O)c1ccc(F)cc1F. The molecular weight excluding hydrogens is 262 g/mol. The number of nitrogens with zero attached hydrogens (tertiary/aromatic N) is 2. The van der Waals surface area contributed by atoms with Gasteiger partial charge in [0.15, 0.2) is 5.78 Å². The van der Waals surface area contributed by atoms with Gasteiger partial charge in [-0.25, -0.2) is 8.78 Å². The third-order valence-electron chi connectivity index (χ3n) is 3.96. The first-order valence-corrected chi connectivity index (χ1v) is 6.83. The Labute approximate surface area is 118 Å². The molecule has 0 aromatic heterocycles. The van der Waals surface area contributed by atoms with Crippen LogP contribution in [-0.2, 0) is 0 Å². The maximum absolute atomic E-state index is 13.7. The van der Waals surface area contributed by atoms with Gasteiger partial charge in [0.25, 0.3) is 0 Å². The maximum Gasteiger partial charge on any atom is 0.182 e. The molecule has 1 saturated heterocycles. The number of hydrogen-bond donors (Lipinski definition) is 0. The average Bonchev–Trinajstić information content (AvgIpc) is 2.37. The molecule has 110 valence electrons. The van der Waals surface area contributed by atoms with Crippen LogP contribution < -0.4 is 0 Å². The van der Waals surface area contributed by atoms with Crippen molar-refractivity contribution in [2.75, 3.05) is 26.7 Å². The van der Waals surface area contributed by atoms with Crippen molar-refractivity contribution in [2.24, 2.45) is 0 Å². The molecule has 0 spiro atoms. The van der Waals surface area contributed by atoms with Gasteiger partial charge in [0.1, 0.15) is 11.6 Å². The lowest BCUT2D eigenvalue weighted by atomic mass is 10.0. The van der Waals surface area contributed by atoms with Crippen molar-refractivity contribution in [3.63, 3.8) is 0 Å². The Balaban J connectivity index is 2.16. The second-order valence-electron chi connectivity index (χ2n) is 5.51. The predicted molar refractivity (Wildman–Crippen MR) is 73.8 cm³/mol. The standard InChI is InChI=1S/C15H20F2N2O/c1-10-9-18(3)6-7-19(10)11(2)15(20)13-5-4-12(16)8-14(13)17/h4-5,8,10-11H,6-7,9H2,1-3H3. The third-order valence-corrected chi connectivity index (χ3v) is 3.96. The van der Waals surface area contributed by atoms with E-state index in [0.717, 1.165) is 31.8 Å². The number of piperazine rings is 1. The van der Waals surface area contributed by atoms with E-state index in [1.54, 1.807) is 6.92 Å². The van der Waals surface area contributed by atoms with Crippen LogP contribution in [0.5, 0.6) is 0 Å². The Morgan fingerprint density at radius 1 is 1.35 bits per heavy atom. The van der Waals surface area contributed by atoms with Crippen LogP contribution in [0.1, 0.15) is 24.2 Å². The fourth-order valence-electron chi connectivity index (χ4n) is 2.79. The van der Waals surface area contributed by atoms with Crippen LogP contribution >= 0.6 is 0 Å². The van der Waals surface area contributed by atoms with Gasteiger partial charge in [-0.15, -0.1) is 0 Å². The van der Waals surface area contributed by atoms with E-state index < -0.39 is 17.7 Å². The molecule has 2 unspecified atom stereocenters. The molecule has 1 aliphatic heterocycles. The number of hydrogen-bond acceptors (Lipinski definition) is 3. The van der Waals surface area contributed by atoms with Gasteiger partial charge in [-0.1, -0.05) is 0 Å². The molecule has 3 nitrogen and oxygen atoms in total. The summed E-state index contributed by atoms with van der Waals surface area (Å²) >= 11 is 0. The lowest BCUT2D eigenvalue weighted by Gasteiger charge is -2.41. The zero-order valence-corrected chi connectivity index (χ0v) is 12.1. The van der Waals surface area contributed by atoms with E-state index in [9.17, 15) is 13.6 Å². The fourth-order valence-corrected chi connectivity index (χ4v) is 2.79. The normalized spacial score (nSPS) is 22.8. The quantitative estimate of drug-likeness (QED) is 0.794. The summed E-state index contributed by atoms with van der Waals surface area (Å²) in [5.74, 6) is -1.75. The molecule has 1 heterocycles. The second-order valence-corrected chi connectivity index (χ2v) is 5.51. The average molecular weight is 282 g/mol. The highest BCUT2D eigenvalue weighted by Gasteiger charge is 2.30. The number of Topliss-reactive ketones (excluding diaryl/α,β-unsaturated/α-hetero) is 1. The minimum absolute atomic E-state index is 0.0370. The van der Waals surface area contributed by atoms with Crippen molar-refractivity contribution in [3.8, 4) is 0 Å². The summed E-state index contributed by atoms with van der Waals surface area (Å²) in [5.41, 5.74) is -0.0370. The predicted octanol–water partition coefficient (Wildman–Crippen LogP) is 2.17. The summed E-state index contributed by atoms with van der Waals surface area (Å²) in [6, 6.07) is 2.93. The summed E-state index contributed by atoms with van der Waals surface area (Å²) in [6.45, 7) is 6.37. The topological polar surface area (TPSA) is 23.6 Å². The molecule has 0 radical (unpaired) electrons. The molecule has 0 saturated carbocycles. The van der Waals surface area contributed by atoms with Crippen LogP contribution in [0.4, 0.5) is 8.78 Å². The molecular formula is C15H20F2N2O. The van der Waals surface area contributed by atoms with E-state index >= 15 is 0 Å². The summed E-state index contributed by atoms with van der Waals surface area (Å²) in [5, 5.41) is 0. The van der Waals surface area contributed by atoms with Gasteiger partial charge >= 0.3 is 0 Å².